The van der Waals surface area contributed by atoms with E-state index in [-0.39, 0.29) is 0 Å². The van der Waals surface area contributed by atoms with Gasteiger partial charge in [0.25, 0.3) is 0 Å². The summed E-state index contributed by atoms with van der Waals surface area (Å²) in [4.78, 5) is 1.32. The maximum Gasteiger partial charge on any atom is 0.0809 e. The first kappa shape index (κ1) is 12.1. The van der Waals surface area contributed by atoms with E-state index in [0.29, 0.717) is 0 Å². The molecule has 0 atom stereocenters. The van der Waals surface area contributed by atoms with E-state index in [9.17, 15) is 0 Å². The van der Waals surface area contributed by atoms with Crippen molar-refractivity contribution in [2.45, 2.75) is 44.8 Å². The highest BCUT2D eigenvalue weighted by Gasteiger charge is 2.12. The van der Waals surface area contributed by atoms with E-state index in [2.05, 4.69) is 22.8 Å². The van der Waals surface area contributed by atoms with E-state index >= 15 is 0 Å². The Hall–Kier alpha value is -0.380. The Bertz CT molecular complexity index is 267. The fraction of sp³-hybridized carbons (Fsp3) is 0.692. The van der Waals surface area contributed by atoms with Crippen LogP contribution in [0.4, 0.5) is 0 Å². The molecule has 0 amide bonds. The van der Waals surface area contributed by atoms with Crippen LogP contribution in [0.25, 0.3) is 0 Å². The van der Waals surface area contributed by atoms with Gasteiger partial charge in [-0.25, -0.2) is 0 Å². The zero-order valence-corrected chi connectivity index (χ0v) is 10.6. The standard InChI is InChI=1S/C13H21NOS/c1-2-6-12(5-1)14-8-4-9-15-11-13-7-3-10-16-13/h3,7,10,12,14H,1-2,4-6,8-9,11H2. The summed E-state index contributed by atoms with van der Waals surface area (Å²) in [7, 11) is 0. The molecule has 3 heteroatoms. The Morgan fingerprint density at radius 3 is 3.00 bits per heavy atom. The lowest BCUT2D eigenvalue weighted by molar-refractivity contribution is 0.120. The van der Waals surface area contributed by atoms with Crippen LogP contribution in [0.3, 0.4) is 0 Å². The fourth-order valence-electron chi connectivity index (χ4n) is 2.18. The van der Waals surface area contributed by atoms with Crippen molar-refractivity contribution in [1.82, 2.24) is 5.32 Å². The predicted octanol–water partition coefficient (Wildman–Crippen LogP) is 3.19. The second kappa shape index (κ2) is 7.05. The van der Waals surface area contributed by atoms with Gasteiger partial charge in [-0.2, -0.15) is 0 Å². The lowest BCUT2D eigenvalue weighted by Crippen LogP contribution is -2.27. The summed E-state index contributed by atoms with van der Waals surface area (Å²) >= 11 is 1.77. The van der Waals surface area contributed by atoms with Gasteiger partial charge in [0.15, 0.2) is 0 Å². The van der Waals surface area contributed by atoms with Crippen LogP contribution >= 0.6 is 11.3 Å². The second-order valence-corrected chi connectivity index (χ2v) is 5.45. The van der Waals surface area contributed by atoms with Gasteiger partial charge in [-0.1, -0.05) is 18.9 Å². The molecule has 2 nitrogen and oxygen atoms in total. The number of thiophene rings is 1. The largest absolute Gasteiger partial charge is 0.376 e. The molecule has 1 N–H and O–H groups in total. The maximum atomic E-state index is 5.61. The van der Waals surface area contributed by atoms with Crippen molar-refractivity contribution in [2.24, 2.45) is 0 Å². The van der Waals surface area contributed by atoms with Gasteiger partial charge in [-0.3, -0.25) is 0 Å². The van der Waals surface area contributed by atoms with Crippen LogP contribution in [0.15, 0.2) is 17.5 Å². The molecule has 0 bridgehead atoms. The number of hydrogen-bond acceptors (Lipinski definition) is 3. The molecule has 16 heavy (non-hydrogen) atoms. The minimum atomic E-state index is 0.779. The second-order valence-electron chi connectivity index (χ2n) is 4.42. The van der Waals surface area contributed by atoms with E-state index in [1.165, 1.54) is 30.6 Å². The number of rotatable bonds is 7. The molecule has 1 aromatic heterocycles. The summed E-state index contributed by atoms with van der Waals surface area (Å²) in [5.41, 5.74) is 0. The molecule has 1 aliphatic rings. The van der Waals surface area contributed by atoms with E-state index < -0.39 is 0 Å². The van der Waals surface area contributed by atoms with Gasteiger partial charge < -0.3 is 10.1 Å². The normalized spacial score (nSPS) is 17.0. The molecule has 1 aliphatic carbocycles. The molecular formula is C13H21NOS. The van der Waals surface area contributed by atoms with Crippen LogP contribution in [0.2, 0.25) is 0 Å². The molecule has 90 valence electrons. The van der Waals surface area contributed by atoms with Gasteiger partial charge in [-0.15, -0.1) is 11.3 Å². The Balaban J connectivity index is 1.43. The zero-order chi connectivity index (χ0) is 11.1. The summed E-state index contributed by atoms with van der Waals surface area (Å²) in [6, 6.07) is 4.99. The average Bonchev–Trinajstić information content (AvgIpc) is 2.96. The summed E-state index contributed by atoms with van der Waals surface area (Å²) in [6.45, 7) is 2.76. The average molecular weight is 239 g/mol. The van der Waals surface area contributed by atoms with Gasteiger partial charge in [-0.05, 0) is 37.3 Å². The highest BCUT2D eigenvalue weighted by Crippen LogP contribution is 2.17. The van der Waals surface area contributed by atoms with Crippen LogP contribution in [0.5, 0.6) is 0 Å². The van der Waals surface area contributed by atoms with Crippen LogP contribution in [-0.2, 0) is 11.3 Å². The molecule has 1 aromatic rings. The molecule has 0 unspecified atom stereocenters. The smallest absolute Gasteiger partial charge is 0.0809 e. The molecule has 0 saturated heterocycles. The van der Waals surface area contributed by atoms with Crippen molar-refractivity contribution in [3.63, 3.8) is 0 Å². The van der Waals surface area contributed by atoms with Gasteiger partial charge in [0.2, 0.25) is 0 Å². The SMILES string of the molecule is c1csc(COCCCNC2CCCC2)c1. The van der Waals surface area contributed by atoms with Crippen molar-refractivity contribution >= 4 is 11.3 Å². The van der Waals surface area contributed by atoms with Gasteiger partial charge in [0, 0.05) is 17.5 Å². The van der Waals surface area contributed by atoms with Crippen molar-refractivity contribution in [2.75, 3.05) is 13.2 Å². The third-order valence-corrected chi connectivity index (χ3v) is 3.93. The van der Waals surface area contributed by atoms with Crippen LogP contribution in [-0.4, -0.2) is 19.2 Å². The highest BCUT2D eigenvalue weighted by atomic mass is 32.1. The molecule has 0 spiro atoms. The van der Waals surface area contributed by atoms with Crippen LogP contribution < -0.4 is 5.32 Å². The molecular weight excluding hydrogens is 218 g/mol. The first-order chi connectivity index (χ1) is 7.95. The third kappa shape index (κ3) is 4.24. The molecule has 1 saturated carbocycles. The minimum absolute atomic E-state index is 0.779. The zero-order valence-electron chi connectivity index (χ0n) is 9.78. The summed E-state index contributed by atoms with van der Waals surface area (Å²) in [5.74, 6) is 0. The summed E-state index contributed by atoms with van der Waals surface area (Å²) in [5, 5.41) is 5.70. The van der Waals surface area contributed by atoms with Crippen molar-refractivity contribution < 1.29 is 4.74 Å². The van der Waals surface area contributed by atoms with Crippen LogP contribution in [0, 0.1) is 0 Å². The van der Waals surface area contributed by atoms with Gasteiger partial charge in [0.1, 0.15) is 0 Å². The van der Waals surface area contributed by atoms with Crippen molar-refractivity contribution in [3.05, 3.63) is 22.4 Å². The Morgan fingerprint density at radius 1 is 1.38 bits per heavy atom. The molecule has 2 rings (SSSR count). The Kier molecular flexibility index (Phi) is 5.32. The Labute approximate surface area is 102 Å². The number of ether oxygens (including phenoxy) is 1. The lowest BCUT2D eigenvalue weighted by Gasteiger charge is -2.11. The molecule has 0 aromatic carbocycles. The molecule has 0 aliphatic heterocycles. The van der Waals surface area contributed by atoms with E-state index in [4.69, 9.17) is 4.74 Å². The van der Waals surface area contributed by atoms with E-state index in [1.807, 2.05) is 0 Å². The lowest BCUT2D eigenvalue weighted by atomic mass is 10.2. The number of hydrogen-bond donors (Lipinski definition) is 1. The van der Waals surface area contributed by atoms with Crippen molar-refractivity contribution in [1.29, 1.82) is 0 Å². The monoisotopic (exact) mass is 239 g/mol. The molecule has 1 fully saturated rings. The highest BCUT2D eigenvalue weighted by molar-refractivity contribution is 7.09. The third-order valence-electron chi connectivity index (χ3n) is 3.08. The topological polar surface area (TPSA) is 21.3 Å². The molecule has 1 heterocycles. The van der Waals surface area contributed by atoms with Crippen molar-refractivity contribution in [3.8, 4) is 0 Å². The van der Waals surface area contributed by atoms with E-state index in [0.717, 1.165) is 32.2 Å². The predicted molar refractivity (Wildman–Crippen MR) is 68.9 cm³/mol. The fourth-order valence-corrected chi connectivity index (χ4v) is 2.82. The maximum absolute atomic E-state index is 5.61. The minimum Gasteiger partial charge on any atom is -0.376 e. The number of nitrogens with one attached hydrogen (secondary N) is 1. The van der Waals surface area contributed by atoms with Gasteiger partial charge in [0.05, 0.1) is 6.61 Å². The first-order valence-electron chi connectivity index (χ1n) is 6.28. The van der Waals surface area contributed by atoms with E-state index in [1.54, 1.807) is 11.3 Å². The first-order valence-corrected chi connectivity index (χ1v) is 7.16. The summed E-state index contributed by atoms with van der Waals surface area (Å²) in [6.07, 6.45) is 6.69. The Morgan fingerprint density at radius 2 is 2.25 bits per heavy atom. The quantitative estimate of drug-likeness (QED) is 0.738. The van der Waals surface area contributed by atoms with Gasteiger partial charge >= 0.3 is 0 Å². The molecule has 0 radical (unpaired) electrons. The summed E-state index contributed by atoms with van der Waals surface area (Å²) < 4.78 is 5.61. The van der Waals surface area contributed by atoms with Crippen LogP contribution in [0.1, 0.15) is 37.0 Å².